The van der Waals surface area contributed by atoms with Crippen molar-refractivity contribution >= 4 is 12.4 Å². The van der Waals surface area contributed by atoms with Gasteiger partial charge in [-0.1, -0.05) is 19.3 Å². The van der Waals surface area contributed by atoms with Crippen molar-refractivity contribution in [3.63, 3.8) is 0 Å². The van der Waals surface area contributed by atoms with E-state index in [1.165, 1.54) is 0 Å². The molecule has 0 saturated heterocycles. The molecule has 0 aromatic heterocycles. The number of rotatable bonds is 2. The number of hydrogen-bond donors (Lipinski definition) is 1. The lowest BCUT2D eigenvalue weighted by Crippen LogP contribution is -2.25. The van der Waals surface area contributed by atoms with Crippen LogP contribution in [0.15, 0.2) is 18.2 Å². The molecule has 2 N–H and O–H groups in total. The Bertz CT molecular complexity index is 441. The highest BCUT2D eigenvalue weighted by Crippen LogP contribution is 2.36. The van der Waals surface area contributed by atoms with Crippen molar-refractivity contribution in [2.75, 3.05) is 0 Å². The molecule has 6 heteroatoms. The summed E-state index contributed by atoms with van der Waals surface area (Å²) in [5.41, 5.74) is 5.13. The van der Waals surface area contributed by atoms with Crippen LogP contribution in [0.3, 0.4) is 0 Å². The van der Waals surface area contributed by atoms with E-state index in [4.69, 9.17) is 5.73 Å². The Kier molecular flexibility index (Phi) is 5.83. The van der Waals surface area contributed by atoms with Gasteiger partial charge in [-0.3, -0.25) is 0 Å². The predicted octanol–water partition coefficient (Wildman–Crippen LogP) is 4.85. The van der Waals surface area contributed by atoms with Crippen molar-refractivity contribution in [1.82, 2.24) is 0 Å². The Morgan fingerprint density at radius 2 is 1.70 bits per heavy atom. The molecule has 1 aliphatic carbocycles. The highest BCUT2D eigenvalue weighted by Gasteiger charge is 2.32. The Balaban J connectivity index is 0.00000200. The first kappa shape index (κ1) is 17.2. The maximum Gasteiger partial charge on any atom is 0.416 e. The number of alkyl halides is 3. The lowest BCUT2D eigenvalue weighted by atomic mass is 9.81. The predicted molar refractivity (Wildman–Crippen MR) is 72.2 cm³/mol. The van der Waals surface area contributed by atoms with Crippen LogP contribution < -0.4 is 5.73 Å². The average Bonchev–Trinajstić information content (AvgIpc) is 2.38. The van der Waals surface area contributed by atoms with Crippen molar-refractivity contribution in [3.8, 4) is 0 Å². The molecule has 1 aliphatic rings. The standard InChI is InChI=1S/C14H17F4N.ClH/c15-12-7-6-10(14(16,17)18)8-11(12)13(19)9-4-2-1-3-5-9;/h6-9,13H,1-5,19H2;1H/t13-;/m0./s1. The molecule has 0 aliphatic heterocycles. The van der Waals surface area contributed by atoms with Gasteiger partial charge in [0.1, 0.15) is 5.82 Å². The van der Waals surface area contributed by atoms with Crippen molar-refractivity contribution in [2.45, 2.75) is 44.3 Å². The quantitative estimate of drug-likeness (QED) is 0.777. The maximum absolute atomic E-state index is 13.7. The smallest absolute Gasteiger partial charge is 0.324 e. The third-order valence-corrected chi connectivity index (χ3v) is 3.84. The molecule has 1 fully saturated rings. The minimum Gasteiger partial charge on any atom is -0.324 e. The van der Waals surface area contributed by atoms with Crippen molar-refractivity contribution in [1.29, 1.82) is 0 Å². The van der Waals surface area contributed by atoms with Gasteiger partial charge in [-0.15, -0.1) is 12.4 Å². The zero-order chi connectivity index (χ0) is 14.0. The fraction of sp³-hybridized carbons (Fsp3) is 0.571. The SMILES string of the molecule is Cl.N[C@H](c1cc(C(F)(F)F)ccc1F)C1CCCCC1. The molecule has 1 saturated carbocycles. The van der Waals surface area contributed by atoms with Gasteiger partial charge in [-0.25, -0.2) is 4.39 Å². The van der Waals surface area contributed by atoms with Gasteiger partial charge in [0.15, 0.2) is 0 Å². The molecule has 0 heterocycles. The lowest BCUT2D eigenvalue weighted by Gasteiger charge is -2.28. The number of halogens is 5. The van der Waals surface area contributed by atoms with Crippen LogP contribution in [0, 0.1) is 11.7 Å². The summed E-state index contributed by atoms with van der Waals surface area (Å²) in [6.45, 7) is 0. The van der Waals surface area contributed by atoms with Gasteiger partial charge >= 0.3 is 6.18 Å². The van der Waals surface area contributed by atoms with Crippen LogP contribution in [0.1, 0.15) is 49.3 Å². The number of benzene rings is 1. The molecule has 20 heavy (non-hydrogen) atoms. The molecular formula is C14H18ClF4N. The lowest BCUT2D eigenvalue weighted by molar-refractivity contribution is -0.137. The summed E-state index contributed by atoms with van der Waals surface area (Å²) >= 11 is 0. The molecule has 1 atom stereocenters. The van der Waals surface area contributed by atoms with E-state index in [0.717, 1.165) is 50.3 Å². The minimum atomic E-state index is -4.46. The first-order valence-electron chi connectivity index (χ1n) is 6.52. The van der Waals surface area contributed by atoms with Gasteiger partial charge in [-0.2, -0.15) is 13.2 Å². The van der Waals surface area contributed by atoms with E-state index in [2.05, 4.69) is 0 Å². The molecule has 1 aromatic carbocycles. The fourth-order valence-electron chi connectivity index (χ4n) is 2.72. The first-order valence-corrected chi connectivity index (χ1v) is 6.52. The van der Waals surface area contributed by atoms with Gasteiger partial charge in [0, 0.05) is 11.6 Å². The van der Waals surface area contributed by atoms with Gasteiger partial charge in [0.25, 0.3) is 0 Å². The third kappa shape index (κ3) is 3.85. The molecule has 1 aromatic rings. The molecular weight excluding hydrogens is 294 g/mol. The molecule has 0 bridgehead atoms. The second-order valence-electron chi connectivity index (χ2n) is 5.16. The normalized spacial score (nSPS) is 18.4. The Hall–Kier alpha value is -0.810. The topological polar surface area (TPSA) is 26.0 Å². The van der Waals surface area contributed by atoms with Crippen LogP contribution in [0.2, 0.25) is 0 Å². The van der Waals surface area contributed by atoms with Gasteiger partial charge in [0.2, 0.25) is 0 Å². The van der Waals surface area contributed by atoms with Crippen molar-refractivity contribution in [2.24, 2.45) is 11.7 Å². The van der Waals surface area contributed by atoms with Gasteiger partial charge in [-0.05, 0) is 37.0 Å². The van der Waals surface area contributed by atoms with Crippen LogP contribution in [0.5, 0.6) is 0 Å². The highest BCUT2D eigenvalue weighted by atomic mass is 35.5. The Morgan fingerprint density at radius 1 is 1.10 bits per heavy atom. The van der Waals surface area contributed by atoms with E-state index < -0.39 is 23.6 Å². The molecule has 114 valence electrons. The number of hydrogen-bond acceptors (Lipinski definition) is 1. The zero-order valence-electron chi connectivity index (χ0n) is 10.9. The summed E-state index contributed by atoms with van der Waals surface area (Å²) in [7, 11) is 0. The van der Waals surface area contributed by atoms with E-state index in [1.807, 2.05) is 0 Å². The molecule has 1 nitrogen and oxygen atoms in total. The van der Waals surface area contributed by atoms with E-state index in [1.54, 1.807) is 0 Å². The third-order valence-electron chi connectivity index (χ3n) is 3.84. The van der Waals surface area contributed by atoms with E-state index in [0.29, 0.717) is 0 Å². The fourth-order valence-corrected chi connectivity index (χ4v) is 2.72. The van der Waals surface area contributed by atoms with Crippen molar-refractivity contribution < 1.29 is 17.6 Å². The summed E-state index contributed by atoms with van der Waals surface area (Å²) in [5.74, 6) is -0.571. The van der Waals surface area contributed by atoms with E-state index in [9.17, 15) is 17.6 Å². The van der Waals surface area contributed by atoms with Crippen molar-refractivity contribution in [3.05, 3.63) is 35.1 Å². The zero-order valence-corrected chi connectivity index (χ0v) is 11.7. The van der Waals surface area contributed by atoms with Crippen LogP contribution >= 0.6 is 12.4 Å². The monoisotopic (exact) mass is 311 g/mol. The summed E-state index contributed by atoms with van der Waals surface area (Å²) in [6, 6.07) is 1.82. The second kappa shape index (κ2) is 6.76. The summed E-state index contributed by atoms with van der Waals surface area (Å²) in [6.07, 6.45) is 0.397. The minimum absolute atomic E-state index is 0. The van der Waals surface area contributed by atoms with Crippen LogP contribution in [-0.4, -0.2) is 0 Å². The molecule has 0 radical (unpaired) electrons. The molecule has 0 spiro atoms. The first-order chi connectivity index (χ1) is 8.89. The number of nitrogens with two attached hydrogens (primary N) is 1. The largest absolute Gasteiger partial charge is 0.416 e. The van der Waals surface area contributed by atoms with Crippen LogP contribution in [0.25, 0.3) is 0 Å². The van der Waals surface area contributed by atoms with Crippen LogP contribution in [-0.2, 0) is 6.18 Å². The van der Waals surface area contributed by atoms with Crippen LogP contribution in [0.4, 0.5) is 17.6 Å². The maximum atomic E-state index is 13.7. The second-order valence-corrected chi connectivity index (χ2v) is 5.16. The molecule has 0 unspecified atom stereocenters. The Morgan fingerprint density at radius 3 is 2.25 bits per heavy atom. The summed E-state index contributed by atoms with van der Waals surface area (Å²) < 4.78 is 51.6. The average molecular weight is 312 g/mol. The highest BCUT2D eigenvalue weighted by molar-refractivity contribution is 5.85. The van der Waals surface area contributed by atoms with Gasteiger partial charge < -0.3 is 5.73 Å². The molecule has 2 rings (SSSR count). The van der Waals surface area contributed by atoms with Gasteiger partial charge in [0.05, 0.1) is 5.56 Å². The van der Waals surface area contributed by atoms with E-state index in [-0.39, 0.29) is 23.9 Å². The summed E-state index contributed by atoms with van der Waals surface area (Å²) in [4.78, 5) is 0. The van der Waals surface area contributed by atoms with E-state index >= 15 is 0 Å². The molecule has 0 amide bonds. The summed E-state index contributed by atoms with van der Waals surface area (Å²) in [5, 5.41) is 0. The Labute approximate surface area is 122 Å².